The summed E-state index contributed by atoms with van der Waals surface area (Å²) in [6, 6.07) is 5.81. The molecule has 1 aliphatic rings. The van der Waals surface area contributed by atoms with Crippen LogP contribution in [-0.2, 0) is 11.3 Å². The van der Waals surface area contributed by atoms with Crippen LogP contribution in [0, 0.1) is 5.92 Å². The second-order valence-corrected chi connectivity index (χ2v) is 5.89. The molecule has 1 aliphatic heterocycles. The van der Waals surface area contributed by atoms with Crippen molar-refractivity contribution in [2.45, 2.75) is 32.7 Å². The Bertz CT molecular complexity index is 526. The molecule has 1 amide bonds. The van der Waals surface area contributed by atoms with Gasteiger partial charge in [-0.25, -0.2) is 0 Å². The molecule has 23 heavy (non-hydrogen) atoms. The Balaban J connectivity index is 1.84. The molecule has 1 fully saturated rings. The summed E-state index contributed by atoms with van der Waals surface area (Å²) in [6.07, 6.45) is -2.62. The number of rotatable bonds is 5. The Hall–Kier alpha value is -1.76. The quantitative estimate of drug-likeness (QED) is 0.902. The van der Waals surface area contributed by atoms with Gasteiger partial charge in [0.1, 0.15) is 5.75 Å². The fraction of sp³-hybridized carbons (Fsp3) is 0.562. The predicted molar refractivity (Wildman–Crippen MR) is 79.8 cm³/mol. The normalized spacial score (nSPS) is 17.0. The van der Waals surface area contributed by atoms with E-state index in [0.29, 0.717) is 11.5 Å². The van der Waals surface area contributed by atoms with E-state index in [0.717, 1.165) is 25.9 Å². The van der Waals surface area contributed by atoms with Gasteiger partial charge in [-0.05, 0) is 37.9 Å². The Morgan fingerprint density at radius 2 is 1.96 bits per heavy atom. The summed E-state index contributed by atoms with van der Waals surface area (Å²) in [5, 5.41) is 2.66. The first-order valence-electron chi connectivity index (χ1n) is 7.66. The number of hydrogen-bond donors (Lipinski definition) is 1. The molecular formula is C16H21F3N2O2. The fourth-order valence-electron chi connectivity index (χ4n) is 2.55. The monoisotopic (exact) mass is 330 g/mol. The van der Waals surface area contributed by atoms with Crippen LogP contribution < -0.4 is 10.1 Å². The molecule has 0 bridgehead atoms. The average molecular weight is 330 g/mol. The maximum Gasteiger partial charge on any atom is 0.573 e. The first-order valence-corrected chi connectivity index (χ1v) is 7.66. The highest BCUT2D eigenvalue weighted by Gasteiger charge is 2.32. The molecule has 1 saturated heterocycles. The van der Waals surface area contributed by atoms with E-state index in [-0.39, 0.29) is 24.7 Å². The van der Waals surface area contributed by atoms with E-state index in [1.165, 1.54) is 18.2 Å². The molecular weight excluding hydrogens is 309 g/mol. The smallest absolute Gasteiger partial charge is 0.405 e. The number of carbonyl (C=O) groups excluding carboxylic acids is 1. The number of ether oxygens (including phenoxy) is 1. The van der Waals surface area contributed by atoms with Gasteiger partial charge in [0.05, 0.1) is 6.54 Å². The highest BCUT2D eigenvalue weighted by atomic mass is 19.4. The first kappa shape index (κ1) is 17.6. The maximum atomic E-state index is 12.3. The molecule has 0 atom stereocenters. The van der Waals surface area contributed by atoms with Gasteiger partial charge >= 0.3 is 6.36 Å². The zero-order valence-electron chi connectivity index (χ0n) is 13.0. The van der Waals surface area contributed by atoms with Gasteiger partial charge in [0.2, 0.25) is 5.91 Å². The number of para-hydroxylation sites is 1. The second-order valence-electron chi connectivity index (χ2n) is 5.89. The summed E-state index contributed by atoms with van der Waals surface area (Å²) < 4.78 is 41.0. The molecule has 0 saturated carbocycles. The van der Waals surface area contributed by atoms with Gasteiger partial charge in [0.15, 0.2) is 0 Å². The summed E-state index contributed by atoms with van der Waals surface area (Å²) >= 11 is 0. The van der Waals surface area contributed by atoms with Crippen LogP contribution in [0.25, 0.3) is 0 Å². The molecule has 128 valence electrons. The third-order valence-corrected chi connectivity index (χ3v) is 3.92. The third kappa shape index (κ3) is 6.09. The lowest BCUT2D eigenvalue weighted by molar-refractivity contribution is -0.274. The van der Waals surface area contributed by atoms with E-state index in [4.69, 9.17) is 0 Å². The molecule has 2 rings (SSSR count). The van der Waals surface area contributed by atoms with Gasteiger partial charge in [0, 0.05) is 12.1 Å². The molecule has 1 aromatic rings. The van der Waals surface area contributed by atoms with Crippen molar-refractivity contribution in [3.63, 3.8) is 0 Å². The second kappa shape index (κ2) is 7.68. The SMILES string of the molecule is CC1CCN(CC(=O)NCc2ccccc2OC(F)(F)F)CC1. The van der Waals surface area contributed by atoms with E-state index in [9.17, 15) is 18.0 Å². The van der Waals surface area contributed by atoms with Crippen molar-refractivity contribution < 1.29 is 22.7 Å². The van der Waals surface area contributed by atoms with Crippen LogP contribution in [0.3, 0.4) is 0 Å². The summed E-state index contributed by atoms with van der Waals surface area (Å²) in [4.78, 5) is 14.0. The van der Waals surface area contributed by atoms with Crippen molar-refractivity contribution in [1.29, 1.82) is 0 Å². The molecule has 1 heterocycles. The van der Waals surface area contributed by atoms with Crippen LogP contribution in [0.1, 0.15) is 25.3 Å². The van der Waals surface area contributed by atoms with Crippen molar-refractivity contribution in [3.8, 4) is 5.75 Å². The number of nitrogens with zero attached hydrogens (tertiary/aromatic N) is 1. The minimum absolute atomic E-state index is 0.00926. The average Bonchev–Trinajstić information content (AvgIpc) is 2.47. The molecule has 0 aliphatic carbocycles. The van der Waals surface area contributed by atoms with Crippen molar-refractivity contribution in [2.24, 2.45) is 5.92 Å². The van der Waals surface area contributed by atoms with E-state index in [1.807, 2.05) is 0 Å². The first-order chi connectivity index (χ1) is 10.8. The van der Waals surface area contributed by atoms with Crippen LogP contribution in [0.15, 0.2) is 24.3 Å². The third-order valence-electron chi connectivity index (χ3n) is 3.92. The molecule has 0 radical (unpaired) electrons. The summed E-state index contributed by atoms with van der Waals surface area (Å²) in [5.41, 5.74) is 0.297. The maximum absolute atomic E-state index is 12.3. The van der Waals surface area contributed by atoms with Gasteiger partial charge in [-0.2, -0.15) is 0 Å². The molecule has 1 aromatic carbocycles. The lowest BCUT2D eigenvalue weighted by atomic mass is 9.99. The highest BCUT2D eigenvalue weighted by Crippen LogP contribution is 2.26. The number of benzene rings is 1. The minimum Gasteiger partial charge on any atom is -0.405 e. The van der Waals surface area contributed by atoms with Gasteiger partial charge in [-0.3, -0.25) is 9.69 Å². The van der Waals surface area contributed by atoms with Crippen molar-refractivity contribution in [1.82, 2.24) is 10.2 Å². The standard InChI is InChI=1S/C16H21F3N2O2/c1-12-6-8-21(9-7-12)11-15(22)20-10-13-4-2-3-5-14(13)23-16(17,18)19/h2-5,12H,6-11H2,1H3,(H,20,22). The van der Waals surface area contributed by atoms with Gasteiger partial charge in [-0.15, -0.1) is 13.2 Å². The number of amides is 1. The number of hydrogen-bond acceptors (Lipinski definition) is 3. The Morgan fingerprint density at radius 3 is 2.61 bits per heavy atom. The van der Waals surface area contributed by atoms with Crippen LogP contribution in [0.5, 0.6) is 5.75 Å². The Morgan fingerprint density at radius 1 is 1.30 bits per heavy atom. The largest absolute Gasteiger partial charge is 0.573 e. The van der Waals surface area contributed by atoms with Crippen molar-refractivity contribution >= 4 is 5.91 Å². The van der Waals surface area contributed by atoms with E-state index in [1.54, 1.807) is 6.07 Å². The van der Waals surface area contributed by atoms with E-state index < -0.39 is 6.36 Å². The highest BCUT2D eigenvalue weighted by molar-refractivity contribution is 5.78. The van der Waals surface area contributed by atoms with Crippen LogP contribution in [0.2, 0.25) is 0 Å². The number of piperidine rings is 1. The van der Waals surface area contributed by atoms with E-state index in [2.05, 4.69) is 21.9 Å². The lowest BCUT2D eigenvalue weighted by Gasteiger charge is -2.29. The zero-order valence-corrected chi connectivity index (χ0v) is 13.0. The summed E-state index contributed by atoms with van der Waals surface area (Å²) in [6.45, 7) is 4.23. The molecule has 1 N–H and O–H groups in total. The zero-order chi connectivity index (χ0) is 16.9. The van der Waals surface area contributed by atoms with Gasteiger partial charge in [0.25, 0.3) is 0 Å². The molecule has 7 heteroatoms. The number of carbonyl (C=O) groups is 1. The topological polar surface area (TPSA) is 41.6 Å². The Labute approximate surface area is 133 Å². The van der Waals surface area contributed by atoms with Crippen LogP contribution in [-0.4, -0.2) is 36.8 Å². The number of halogens is 3. The number of alkyl halides is 3. The molecule has 4 nitrogen and oxygen atoms in total. The predicted octanol–water partition coefficient (Wildman–Crippen LogP) is 2.93. The summed E-state index contributed by atoms with van der Waals surface area (Å²) in [7, 11) is 0. The molecule has 0 aromatic heterocycles. The minimum atomic E-state index is -4.75. The molecule has 0 unspecified atom stereocenters. The number of nitrogens with one attached hydrogen (secondary N) is 1. The van der Waals surface area contributed by atoms with E-state index >= 15 is 0 Å². The number of likely N-dealkylation sites (tertiary alicyclic amines) is 1. The Kier molecular flexibility index (Phi) is 5.87. The van der Waals surface area contributed by atoms with Crippen LogP contribution >= 0.6 is 0 Å². The van der Waals surface area contributed by atoms with Crippen molar-refractivity contribution in [3.05, 3.63) is 29.8 Å². The summed E-state index contributed by atoms with van der Waals surface area (Å²) in [5.74, 6) is 0.203. The van der Waals surface area contributed by atoms with Gasteiger partial charge in [-0.1, -0.05) is 25.1 Å². The molecule has 0 spiro atoms. The van der Waals surface area contributed by atoms with Crippen LogP contribution in [0.4, 0.5) is 13.2 Å². The van der Waals surface area contributed by atoms with Crippen molar-refractivity contribution in [2.75, 3.05) is 19.6 Å². The lowest BCUT2D eigenvalue weighted by Crippen LogP contribution is -2.41. The fourth-order valence-corrected chi connectivity index (χ4v) is 2.55. The van der Waals surface area contributed by atoms with Gasteiger partial charge < -0.3 is 10.1 Å².